The molecule has 2 aliphatic carbocycles. The van der Waals surface area contributed by atoms with Crippen LogP contribution in [0.4, 0.5) is 16.0 Å². The van der Waals surface area contributed by atoms with Crippen LogP contribution in [0, 0.1) is 24.6 Å². The Kier molecular flexibility index (Phi) is 6.88. The summed E-state index contributed by atoms with van der Waals surface area (Å²) < 4.78 is 20.8. The van der Waals surface area contributed by atoms with Gasteiger partial charge < -0.3 is 10.2 Å². The molecule has 2 saturated carbocycles. The third-order valence-electron chi connectivity index (χ3n) is 8.87. The van der Waals surface area contributed by atoms with Crippen LogP contribution in [0.3, 0.4) is 0 Å². The molecule has 3 unspecified atom stereocenters. The van der Waals surface area contributed by atoms with E-state index in [2.05, 4.69) is 25.0 Å². The predicted octanol–water partition coefficient (Wildman–Crippen LogP) is 4.99. The number of hydrogen-bond acceptors (Lipinski definition) is 8. The van der Waals surface area contributed by atoms with Crippen molar-refractivity contribution in [2.45, 2.75) is 44.7 Å². The number of halogens is 2. The van der Waals surface area contributed by atoms with E-state index in [0.29, 0.717) is 47.4 Å². The summed E-state index contributed by atoms with van der Waals surface area (Å²) in [7, 11) is 1.75. The molecule has 4 aromatic rings. The van der Waals surface area contributed by atoms with Crippen LogP contribution in [0.2, 0.25) is 5.15 Å². The van der Waals surface area contributed by atoms with Gasteiger partial charge in [0.05, 0.1) is 34.9 Å². The van der Waals surface area contributed by atoms with Crippen molar-refractivity contribution in [1.29, 1.82) is 0 Å². The zero-order valence-electron chi connectivity index (χ0n) is 24.3. The number of rotatable bonds is 8. The summed E-state index contributed by atoms with van der Waals surface area (Å²) in [6, 6.07) is 7.25. The summed E-state index contributed by atoms with van der Waals surface area (Å²) in [6.07, 6.45) is 5.43. The van der Waals surface area contributed by atoms with Crippen LogP contribution < -0.4 is 20.5 Å². The lowest BCUT2D eigenvalue weighted by molar-refractivity contribution is 0.0980. The van der Waals surface area contributed by atoms with Gasteiger partial charge in [-0.3, -0.25) is 23.6 Å². The van der Waals surface area contributed by atoms with Crippen LogP contribution in [0.25, 0.3) is 10.9 Å². The number of aromatic nitrogens is 5. The second-order valence-electron chi connectivity index (χ2n) is 11.9. The molecule has 1 amide bonds. The molecule has 0 spiro atoms. The molecule has 0 radical (unpaired) electrons. The molecule has 1 saturated heterocycles. The number of carbonyl (C=O) groups is 1. The van der Waals surface area contributed by atoms with Gasteiger partial charge in [0.2, 0.25) is 5.95 Å². The van der Waals surface area contributed by atoms with E-state index in [1.165, 1.54) is 11.9 Å². The van der Waals surface area contributed by atoms with Gasteiger partial charge in [-0.1, -0.05) is 29.6 Å². The summed E-state index contributed by atoms with van der Waals surface area (Å²) in [5.74, 6) is 0.704. The fourth-order valence-electron chi connectivity index (χ4n) is 6.56. The van der Waals surface area contributed by atoms with Crippen LogP contribution in [0.15, 0.2) is 35.3 Å². The van der Waals surface area contributed by atoms with E-state index in [4.69, 9.17) is 16.6 Å². The largest absolute Gasteiger partial charge is 0.377 e. The minimum absolute atomic E-state index is 0.113. The molecule has 3 aliphatic rings. The summed E-state index contributed by atoms with van der Waals surface area (Å²) in [5.41, 5.74) is 3.51. The molecular weight excluding hydrogens is 591 g/mol. The minimum atomic E-state index is -0.363. The van der Waals surface area contributed by atoms with Gasteiger partial charge in [-0.15, -0.1) is 0 Å². The van der Waals surface area contributed by atoms with E-state index < -0.39 is 0 Å². The summed E-state index contributed by atoms with van der Waals surface area (Å²) in [4.78, 5) is 37.8. The Morgan fingerprint density at radius 2 is 1.93 bits per heavy atom. The molecule has 4 heterocycles. The van der Waals surface area contributed by atoms with Crippen molar-refractivity contribution in [3.8, 4) is 0 Å². The monoisotopic (exact) mass is 622 g/mol. The lowest BCUT2D eigenvalue weighted by Gasteiger charge is -2.25. The molecule has 1 aromatic carbocycles. The first kappa shape index (κ1) is 28.1. The summed E-state index contributed by atoms with van der Waals surface area (Å²) in [6.45, 7) is 5.29. The Balaban J connectivity index is 1.19. The quantitative estimate of drug-likeness (QED) is 0.209. The average molecular weight is 623 g/mol. The fraction of sp³-hybridized carbons (Fsp3) is 0.433. The first-order valence-corrected chi connectivity index (χ1v) is 16.0. The van der Waals surface area contributed by atoms with Crippen molar-refractivity contribution in [1.82, 2.24) is 29.0 Å². The van der Waals surface area contributed by atoms with Gasteiger partial charge in [-0.05, 0) is 62.3 Å². The third kappa shape index (κ3) is 4.94. The number of piperidine rings is 1. The maximum absolute atomic E-state index is 14.7. The highest BCUT2D eigenvalue weighted by molar-refractivity contribution is 7.97. The minimum Gasteiger partial charge on any atom is -0.377 e. The Hall–Kier alpha value is -3.64. The summed E-state index contributed by atoms with van der Waals surface area (Å²) >= 11 is 7.28. The number of nitrogens with one attached hydrogen (secondary N) is 2. The molecule has 43 heavy (non-hydrogen) atoms. The molecule has 0 bridgehead atoms. The first-order chi connectivity index (χ1) is 20.6. The molecule has 3 atom stereocenters. The molecule has 13 heteroatoms. The van der Waals surface area contributed by atoms with Crippen LogP contribution >= 0.6 is 23.5 Å². The normalized spacial score (nSPS) is 21.6. The Labute approximate surface area is 257 Å². The number of carbonyl (C=O) groups excluding carboxylic acids is 1. The van der Waals surface area contributed by atoms with Gasteiger partial charge in [0.25, 0.3) is 11.5 Å². The molecule has 10 nitrogen and oxygen atoms in total. The zero-order valence-corrected chi connectivity index (χ0v) is 25.8. The molecule has 3 aromatic heterocycles. The SMILES string of the molecule is CSNC(=O)c1nc(Cl)ccc1NC(C)c1cc(C)cc2c(=O)n(C)c(N3CC4C(C3)C4c3nn(C4CC4)cc3F)nc12. The molecule has 1 aliphatic heterocycles. The van der Waals surface area contributed by atoms with E-state index in [-0.39, 0.29) is 51.9 Å². The highest BCUT2D eigenvalue weighted by Crippen LogP contribution is 2.58. The van der Waals surface area contributed by atoms with Crippen molar-refractivity contribution < 1.29 is 9.18 Å². The Morgan fingerprint density at radius 1 is 1.19 bits per heavy atom. The highest BCUT2D eigenvalue weighted by Gasteiger charge is 2.59. The number of amides is 1. The molecule has 7 rings (SSSR count). The number of fused-ring (bicyclic) bond motifs is 2. The maximum Gasteiger partial charge on any atom is 0.281 e. The number of nitrogens with zero attached hydrogens (tertiary/aromatic N) is 6. The van der Waals surface area contributed by atoms with Gasteiger partial charge in [0.1, 0.15) is 10.8 Å². The molecule has 2 N–H and O–H groups in total. The Morgan fingerprint density at radius 3 is 2.63 bits per heavy atom. The molecule has 3 fully saturated rings. The smallest absolute Gasteiger partial charge is 0.281 e. The number of hydrogen-bond donors (Lipinski definition) is 2. The van der Waals surface area contributed by atoms with Gasteiger partial charge in [-0.25, -0.2) is 14.4 Å². The fourth-order valence-corrected chi connectivity index (χ4v) is 6.99. The Bertz CT molecular complexity index is 1830. The van der Waals surface area contributed by atoms with E-state index in [1.807, 2.05) is 26.0 Å². The second kappa shape index (κ2) is 10.5. The number of anilines is 2. The average Bonchev–Trinajstić information content (AvgIpc) is 3.86. The third-order valence-corrected chi connectivity index (χ3v) is 9.47. The van der Waals surface area contributed by atoms with Crippen LogP contribution in [-0.2, 0) is 7.05 Å². The van der Waals surface area contributed by atoms with Gasteiger partial charge in [0, 0.05) is 37.9 Å². The van der Waals surface area contributed by atoms with E-state index in [9.17, 15) is 14.0 Å². The van der Waals surface area contributed by atoms with Crippen LogP contribution in [0.5, 0.6) is 0 Å². The van der Waals surface area contributed by atoms with E-state index >= 15 is 0 Å². The van der Waals surface area contributed by atoms with Gasteiger partial charge in [0.15, 0.2) is 11.5 Å². The zero-order chi connectivity index (χ0) is 30.2. The number of aryl methyl sites for hydroxylation is 1. The van der Waals surface area contributed by atoms with Crippen LogP contribution in [0.1, 0.15) is 65.1 Å². The first-order valence-electron chi connectivity index (χ1n) is 14.4. The summed E-state index contributed by atoms with van der Waals surface area (Å²) in [5, 5.41) is 8.74. The van der Waals surface area contributed by atoms with Crippen molar-refractivity contribution >= 4 is 52.0 Å². The van der Waals surface area contributed by atoms with E-state index in [1.54, 1.807) is 40.9 Å². The van der Waals surface area contributed by atoms with Crippen molar-refractivity contribution in [3.05, 3.63) is 74.3 Å². The predicted molar refractivity (Wildman–Crippen MR) is 166 cm³/mol. The van der Waals surface area contributed by atoms with E-state index in [0.717, 1.165) is 24.0 Å². The topological polar surface area (TPSA) is 110 Å². The lowest BCUT2D eigenvalue weighted by atomic mass is 10.0. The van der Waals surface area contributed by atoms with Crippen LogP contribution in [-0.4, -0.2) is 49.6 Å². The highest BCUT2D eigenvalue weighted by atomic mass is 35.5. The lowest BCUT2D eigenvalue weighted by Crippen LogP contribution is -2.32. The number of pyridine rings is 1. The second-order valence-corrected chi connectivity index (χ2v) is 12.9. The number of benzene rings is 1. The van der Waals surface area contributed by atoms with Crippen molar-refractivity contribution in [2.75, 3.05) is 29.6 Å². The molecular formula is C30H32ClFN8O2S. The van der Waals surface area contributed by atoms with Gasteiger partial charge >= 0.3 is 0 Å². The van der Waals surface area contributed by atoms with Gasteiger partial charge in [-0.2, -0.15) is 5.10 Å². The van der Waals surface area contributed by atoms with Crippen molar-refractivity contribution in [3.63, 3.8) is 0 Å². The maximum atomic E-state index is 14.7. The standard InChI is InChI=1S/C30H32ClFN8O2S/c1-14-9-17(15(2)33-22-7-8-23(31)34-27(22)28(41)37-43-4)25-18(10-14)29(42)38(3)30(35-25)39-11-19-20(12-39)24(19)26-21(32)13-40(36-26)16-5-6-16/h7-10,13,15-16,19-20,24,33H,5-6,11-12H2,1-4H3,(H,37,41). The molecule has 224 valence electrons. The van der Waals surface area contributed by atoms with Crippen molar-refractivity contribution in [2.24, 2.45) is 18.9 Å².